The van der Waals surface area contributed by atoms with E-state index in [4.69, 9.17) is 23.4 Å². The quantitative estimate of drug-likeness (QED) is 0.311. The summed E-state index contributed by atoms with van der Waals surface area (Å²) in [6.07, 6.45) is 0. The number of nitrogens with one attached hydrogen (secondary N) is 1. The summed E-state index contributed by atoms with van der Waals surface area (Å²) in [6, 6.07) is 20.5. The second-order valence-corrected chi connectivity index (χ2v) is 7.82. The van der Waals surface area contributed by atoms with Crippen molar-refractivity contribution in [1.82, 2.24) is 5.32 Å². The third-order valence-electron chi connectivity index (χ3n) is 5.59. The fraction of sp³-hybridized carbons (Fsp3) is 0.250. The van der Waals surface area contributed by atoms with Crippen LogP contribution in [0.15, 0.2) is 75.9 Å². The molecule has 0 bridgehead atoms. The molecule has 0 saturated carbocycles. The number of hydrogen-bond donors (Lipinski definition) is 1. The first-order chi connectivity index (χ1) is 17.1. The van der Waals surface area contributed by atoms with Crippen molar-refractivity contribution in [2.24, 2.45) is 0 Å². The van der Waals surface area contributed by atoms with Crippen molar-refractivity contribution in [3.05, 3.63) is 82.5 Å². The molecule has 1 N–H and O–H groups in total. The Morgan fingerprint density at radius 2 is 1.40 bits per heavy atom. The highest BCUT2D eigenvalue weighted by Crippen LogP contribution is 2.36. The topological polar surface area (TPSA) is 79.2 Å². The highest BCUT2D eigenvalue weighted by atomic mass is 16.5. The number of rotatable bonds is 11. The predicted molar refractivity (Wildman–Crippen MR) is 136 cm³/mol. The molecule has 4 rings (SSSR count). The summed E-state index contributed by atoms with van der Waals surface area (Å²) in [5.41, 5.74) is 1.83. The van der Waals surface area contributed by atoms with E-state index in [0.717, 1.165) is 5.56 Å². The molecule has 0 unspecified atom stereocenters. The van der Waals surface area contributed by atoms with Crippen molar-refractivity contribution in [2.75, 3.05) is 40.5 Å². The summed E-state index contributed by atoms with van der Waals surface area (Å²) in [7, 11) is 3.19. The molecule has 7 heteroatoms. The van der Waals surface area contributed by atoms with Gasteiger partial charge >= 0.3 is 0 Å². The number of para-hydroxylation sites is 2. The normalized spacial score (nSPS) is 10.8. The summed E-state index contributed by atoms with van der Waals surface area (Å²) in [5.74, 6) is 2.91. The van der Waals surface area contributed by atoms with Crippen molar-refractivity contribution in [2.45, 2.75) is 6.92 Å². The lowest BCUT2D eigenvalue weighted by atomic mass is 10.1. The van der Waals surface area contributed by atoms with Gasteiger partial charge in [0.1, 0.15) is 19.0 Å². The Kier molecular flexibility index (Phi) is 7.90. The SMILES string of the molecule is COc1cccc(OC)c1OCCNCCOc1cccc2c(=O)c(C)c(-c3ccccc3)oc12. The molecule has 0 atom stereocenters. The van der Waals surface area contributed by atoms with E-state index in [1.165, 1.54) is 0 Å². The van der Waals surface area contributed by atoms with Gasteiger partial charge in [-0.2, -0.15) is 0 Å². The molecule has 3 aromatic carbocycles. The van der Waals surface area contributed by atoms with Gasteiger partial charge in [0.05, 0.1) is 19.6 Å². The summed E-state index contributed by atoms with van der Waals surface area (Å²) in [4.78, 5) is 13.0. The average molecular weight is 476 g/mol. The van der Waals surface area contributed by atoms with E-state index in [1.54, 1.807) is 33.3 Å². The van der Waals surface area contributed by atoms with Crippen LogP contribution in [0.1, 0.15) is 5.56 Å². The van der Waals surface area contributed by atoms with Gasteiger partial charge < -0.3 is 28.7 Å². The van der Waals surface area contributed by atoms with Crippen LogP contribution in [0, 0.1) is 6.92 Å². The van der Waals surface area contributed by atoms with Crippen LogP contribution >= 0.6 is 0 Å². The Labute approximate surface area is 204 Å². The van der Waals surface area contributed by atoms with Gasteiger partial charge in [-0.15, -0.1) is 0 Å². The largest absolute Gasteiger partial charge is 0.493 e. The molecule has 0 aliphatic heterocycles. The van der Waals surface area contributed by atoms with Crippen LogP contribution in [0.5, 0.6) is 23.0 Å². The lowest BCUT2D eigenvalue weighted by Crippen LogP contribution is -2.26. The van der Waals surface area contributed by atoms with Gasteiger partial charge in [0.15, 0.2) is 28.3 Å². The van der Waals surface area contributed by atoms with Crippen LogP contribution < -0.4 is 29.7 Å². The van der Waals surface area contributed by atoms with Gasteiger partial charge in [0.2, 0.25) is 5.75 Å². The van der Waals surface area contributed by atoms with E-state index in [2.05, 4.69) is 5.32 Å². The zero-order chi connectivity index (χ0) is 24.6. The minimum atomic E-state index is -0.0578. The molecule has 0 fully saturated rings. The molecule has 0 saturated heterocycles. The number of ether oxygens (including phenoxy) is 4. The monoisotopic (exact) mass is 475 g/mol. The van der Waals surface area contributed by atoms with Gasteiger partial charge in [-0.25, -0.2) is 0 Å². The zero-order valence-electron chi connectivity index (χ0n) is 20.1. The molecule has 182 valence electrons. The minimum absolute atomic E-state index is 0.0578. The van der Waals surface area contributed by atoms with Gasteiger partial charge in [-0.1, -0.05) is 42.5 Å². The smallest absolute Gasteiger partial charge is 0.203 e. The van der Waals surface area contributed by atoms with Crippen molar-refractivity contribution in [1.29, 1.82) is 0 Å². The molecular formula is C28H29NO6. The standard InChI is InChI=1S/C28H29NO6/c1-19-25(30)21-11-7-14-24(27(21)35-26(19)20-9-5-4-6-10-20)33-17-15-29-16-18-34-28-22(31-2)12-8-13-23(28)32-3/h4-14,29H,15-18H2,1-3H3. The van der Waals surface area contributed by atoms with Gasteiger partial charge in [0, 0.05) is 24.2 Å². The fourth-order valence-electron chi connectivity index (χ4n) is 3.81. The van der Waals surface area contributed by atoms with E-state index in [0.29, 0.717) is 71.6 Å². The molecule has 0 aliphatic carbocycles. The molecule has 4 aromatic rings. The highest BCUT2D eigenvalue weighted by Gasteiger charge is 2.15. The van der Waals surface area contributed by atoms with Gasteiger partial charge in [0.25, 0.3) is 0 Å². The maximum atomic E-state index is 13.0. The van der Waals surface area contributed by atoms with E-state index >= 15 is 0 Å². The molecule has 0 aliphatic rings. The van der Waals surface area contributed by atoms with E-state index in [1.807, 2.05) is 54.6 Å². The first-order valence-corrected chi connectivity index (χ1v) is 11.4. The van der Waals surface area contributed by atoms with E-state index in [9.17, 15) is 4.79 Å². The molecule has 1 heterocycles. The minimum Gasteiger partial charge on any atom is -0.493 e. The van der Waals surface area contributed by atoms with Crippen LogP contribution in [0.4, 0.5) is 0 Å². The average Bonchev–Trinajstić information content (AvgIpc) is 2.90. The first kappa shape index (κ1) is 24.2. The zero-order valence-corrected chi connectivity index (χ0v) is 20.1. The maximum Gasteiger partial charge on any atom is 0.203 e. The van der Waals surface area contributed by atoms with Crippen LogP contribution in [-0.4, -0.2) is 40.5 Å². The van der Waals surface area contributed by atoms with Crippen LogP contribution in [0.3, 0.4) is 0 Å². The molecule has 1 aromatic heterocycles. The van der Waals surface area contributed by atoms with E-state index in [-0.39, 0.29) is 5.43 Å². The van der Waals surface area contributed by atoms with Crippen LogP contribution in [-0.2, 0) is 0 Å². The molecular weight excluding hydrogens is 446 g/mol. The van der Waals surface area contributed by atoms with Crippen molar-refractivity contribution >= 4 is 11.0 Å². The second-order valence-electron chi connectivity index (χ2n) is 7.82. The van der Waals surface area contributed by atoms with Crippen LogP contribution in [0.2, 0.25) is 0 Å². The van der Waals surface area contributed by atoms with Gasteiger partial charge in [-0.05, 0) is 31.2 Å². The maximum absolute atomic E-state index is 13.0. The summed E-state index contributed by atoms with van der Waals surface area (Å²) < 4.78 is 28.7. The van der Waals surface area contributed by atoms with Crippen molar-refractivity contribution in [3.63, 3.8) is 0 Å². The lowest BCUT2D eigenvalue weighted by Gasteiger charge is -2.14. The molecule has 35 heavy (non-hydrogen) atoms. The van der Waals surface area contributed by atoms with Crippen molar-refractivity contribution in [3.8, 4) is 34.3 Å². The van der Waals surface area contributed by atoms with Crippen molar-refractivity contribution < 1.29 is 23.4 Å². The Balaban J connectivity index is 1.36. The third kappa shape index (κ3) is 5.41. The number of fused-ring (bicyclic) bond motifs is 1. The molecule has 7 nitrogen and oxygen atoms in total. The first-order valence-electron chi connectivity index (χ1n) is 11.4. The Bertz CT molecular complexity index is 1310. The number of benzene rings is 3. The molecule has 0 radical (unpaired) electrons. The Morgan fingerprint density at radius 1 is 0.771 bits per heavy atom. The molecule has 0 spiro atoms. The second kappa shape index (κ2) is 11.4. The predicted octanol–water partition coefficient (Wildman–Crippen LogP) is 4.83. The summed E-state index contributed by atoms with van der Waals surface area (Å²) >= 11 is 0. The Morgan fingerprint density at radius 3 is 2.09 bits per heavy atom. The fourth-order valence-corrected chi connectivity index (χ4v) is 3.81. The summed E-state index contributed by atoms with van der Waals surface area (Å²) in [5, 5.41) is 3.79. The number of methoxy groups -OCH3 is 2. The summed E-state index contributed by atoms with van der Waals surface area (Å²) in [6.45, 7) is 3.81. The van der Waals surface area contributed by atoms with E-state index < -0.39 is 0 Å². The highest BCUT2D eigenvalue weighted by molar-refractivity contribution is 5.85. The van der Waals surface area contributed by atoms with Crippen LogP contribution in [0.25, 0.3) is 22.3 Å². The number of hydrogen-bond acceptors (Lipinski definition) is 7. The third-order valence-corrected chi connectivity index (χ3v) is 5.59. The Hall–Kier alpha value is -3.97. The molecule has 0 amide bonds. The lowest BCUT2D eigenvalue weighted by molar-refractivity contribution is 0.265. The van der Waals surface area contributed by atoms with Gasteiger partial charge in [-0.3, -0.25) is 4.79 Å².